The molecule has 0 atom stereocenters. The van der Waals surface area contributed by atoms with Gasteiger partial charge in [-0.2, -0.15) is 0 Å². The molecule has 3 rings (SSSR count). The minimum Gasteiger partial charge on any atom is -0.545 e. The summed E-state index contributed by atoms with van der Waals surface area (Å²) in [6.07, 6.45) is 0. The Hall–Kier alpha value is -0.804. The van der Waals surface area contributed by atoms with Gasteiger partial charge in [0.05, 0.1) is 5.97 Å². The summed E-state index contributed by atoms with van der Waals surface area (Å²) in [7, 11) is -0.920. The summed E-state index contributed by atoms with van der Waals surface area (Å²) in [6.45, 7) is 0. The monoisotopic (exact) mass is 344 g/mol. The fourth-order valence-electron chi connectivity index (χ4n) is 2.42. The molecule has 0 unspecified atom stereocenters. The molecule has 0 amide bonds. The Bertz CT molecular complexity index is 736. The van der Waals surface area contributed by atoms with Gasteiger partial charge in [-0.25, -0.2) is 0 Å². The third-order valence-corrected chi connectivity index (χ3v) is 5.89. The Labute approximate surface area is 179 Å². The zero-order valence-electron chi connectivity index (χ0n) is 12.8. The zero-order chi connectivity index (χ0) is 15.4. The number of hydrogen-bond acceptors (Lipinski definition) is 2. The standard InChI is InChI=1S/C19H15O2P.K/c20-19(21)17-13-7-8-14-18(17)22(15-9-3-1-4-10-15)16-11-5-2-6-12-16;/h1-14H,(H,20,21);/q;+1/p-1. The Kier molecular flexibility index (Phi) is 7.16. The summed E-state index contributed by atoms with van der Waals surface area (Å²) < 4.78 is 0. The maximum absolute atomic E-state index is 11.5. The van der Waals surface area contributed by atoms with Gasteiger partial charge in [0.25, 0.3) is 0 Å². The predicted octanol–water partition coefficient (Wildman–Crippen LogP) is -1.19. The van der Waals surface area contributed by atoms with Gasteiger partial charge in [-0.05, 0) is 23.8 Å². The number of carbonyl (C=O) groups excluding carboxylic acids is 1. The van der Waals surface area contributed by atoms with Crippen LogP contribution in [0, 0.1) is 0 Å². The quantitative estimate of drug-likeness (QED) is 0.441. The van der Waals surface area contributed by atoms with Crippen LogP contribution in [0.1, 0.15) is 10.4 Å². The van der Waals surface area contributed by atoms with Crippen molar-refractivity contribution in [2.45, 2.75) is 0 Å². The van der Waals surface area contributed by atoms with E-state index < -0.39 is 13.9 Å². The Balaban J connectivity index is 0.00000192. The first kappa shape index (κ1) is 18.5. The second-order valence-electron chi connectivity index (χ2n) is 4.81. The molecule has 0 heterocycles. The second kappa shape index (κ2) is 8.88. The molecule has 0 spiro atoms. The van der Waals surface area contributed by atoms with E-state index in [1.165, 1.54) is 0 Å². The van der Waals surface area contributed by atoms with Crippen molar-refractivity contribution in [3.63, 3.8) is 0 Å². The number of benzene rings is 3. The van der Waals surface area contributed by atoms with E-state index >= 15 is 0 Å². The third-order valence-electron chi connectivity index (χ3n) is 3.39. The van der Waals surface area contributed by atoms with E-state index in [4.69, 9.17) is 0 Å². The first-order valence-electron chi connectivity index (χ1n) is 6.98. The average molecular weight is 344 g/mol. The van der Waals surface area contributed by atoms with Gasteiger partial charge in [0, 0.05) is 5.56 Å². The summed E-state index contributed by atoms with van der Waals surface area (Å²) >= 11 is 0. The van der Waals surface area contributed by atoms with Gasteiger partial charge < -0.3 is 9.90 Å². The zero-order valence-corrected chi connectivity index (χ0v) is 16.9. The Morgan fingerprint density at radius 3 is 1.61 bits per heavy atom. The molecule has 2 nitrogen and oxygen atoms in total. The summed E-state index contributed by atoms with van der Waals surface area (Å²) in [5.74, 6) is -1.13. The number of hydrogen-bond donors (Lipinski definition) is 0. The Morgan fingerprint density at radius 2 is 1.13 bits per heavy atom. The molecular weight excluding hydrogens is 330 g/mol. The van der Waals surface area contributed by atoms with Gasteiger partial charge in [0.1, 0.15) is 0 Å². The third kappa shape index (κ3) is 4.39. The molecule has 0 aliphatic rings. The SMILES string of the molecule is O=C([O-])c1ccccc1P(c1ccccc1)c1ccccc1.[K+]. The molecule has 0 fully saturated rings. The molecule has 0 aromatic heterocycles. The first-order chi connectivity index (χ1) is 10.8. The largest absolute Gasteiger partial charge is 1.00 e. The fourth-order valence-corrected chi connectivity index (χ4v) is 4.86. The minimum absolute atomic E-state index is 0. The van der Waals surface area contributed by atoms with Crippen LogP contribution in [0.2, 0.25) is 0 Å². The van der Waals surface area contributed by atoms with Crippen LogP contribution in [0.3, 0.4) is 0 Å². The van der Waals surface area contributed by atoms with Crippen molar-refractivity contribution in [3.05, 3.63) is 90.5 Å². The van der Waals surface area contributed by atoms with Gasteiger partial charge in [0.2, 0.25) is 0 Å². The van der Waals surface area contributed by atoms with Crippen LogP contribution in [0.5, 0.6) is 0 Å². The topological polar surface area (TPSA) is 40.1 Å². The number of aromatic carboxylic acids is 1. The molecule has 0 aliphatic heterocycles. The van der Waals surface area contributed by atoms with Gasteiger partial charge in [-0.15, -0.1) is 0 Å². The molecule has 108 valence electrons. The summed E-state index contributed by atoms with van der Waals surface area (Å²) in [5.41, 5.74) is 0.265. The van der Waals surface area contributed by atoms with Gasteiger partial charge in [-0.1, -0.05) is 84.9 Å². The molecule has 3 aromatic carbocycles. The van der Waals surface area contributed by atoms with Crippen LogP contribution in [-0.4, -0.2) is 5.97 Å². The minimum atomic E-state index is -1.13. The maximum atomic E-state index is 11.5. The summed E-state index contributed by atoms with van der Waals surface area (Å²) in [5, 5.41) is 14.5. The molecule has 0 saturated heterocycles. The van der Waals surface area contributed by atoms with E-state index in [1.807, 2.05) is 72.8 Å². The normalized spacial score (nSPS) is 10.1. The summed E-state index contributed by atoms with van der Waals surface area (Å²) in [6, 6.07) is 27.2. The van der Waals surface area contributed by atoms with Crippen molar-refractivity contribution in [3.8, 4) is 0 Å². The van der Waals surface area contributed by atoms with Crippen LogP contribution < -0.4 is 72.4 Å². The van der Waals surface area contributed by atoms with Gasteiger partial charge in [0.15, 0.2) is 0 Å². The molecule has 4 heteroatoms. The summed E-state index contributed by atoms with van der Waals surface area (Å²) in [4.78, 5) is 11.5. The van der Waals surface area contributed by atoms with Crippen LogP contribution in [0.15, 0.2) is 84.9 Å². The van der Waals surface area contributed by atoms with Gasteiger partial charge in [-0.3, -0.25) is 0 Å². The Morgan fingerprint density at radius 1 is 0.696 bits per heavy atom. The van der Waals surface area contributed by atoms with Gasteiger partial charge >= 0.3 is 51.4 Å². The van der Waals surface area contributed by atoms with Crippen molar-refractivity contribution in [1.29, 1.82) is 0 Å². The molecule has 0 aliphatic carbocycles. The van der Waals surface area contributed by atoms with Crippen LogP contribution >= 0.6 is 7.92 Å². The predicted molar refractivity (Wildman–Crippen MR) is 89.5 cm³/mol. The van der Waals surface area contributed by atoms with Crippen LogP contribution in [-0.2, 0) is 0 Å². The molecule has 0 saturated carbocycles. The number of carboxylic acids is 1. The number of carboxylic acid groups (broad SMARTS) is 1. The van der Waals surface area contributed by atoms with Crippen LogP contribution in [0.4, 0.5) is 0 Å². The van der Waals surface area contributed by atoms with E-state index in [-0.39, 0.29) is 56.9 Å². The maximum Gasteiger partial charge on any atom is 1.00 e. The van der Waals surface area contributed by atoms with E-state index in [0.717, 1.165) is 15.9 Å². The van der Waals surface area contributed by atoms with Crippen molar-refractivity contribution < 1.29 is 61.3 Å². The molecular formula is C19H14KO2P. The molecule has 0 radical (unpaired) electrons. The molecule has 3 aromatic rings. The number of carbonyl (C=O) groups is 1. The van der Waals surface area contributed by atoms with Crippen molar-refractivity contribution in [1.82, 2.24) is 0 Å². The molecule has 23 heavy (non-hydrogen) atoms. The number of rotatable bonds is 4. The van der Waals surface area contributed by atoms with Crippen molar-refractivity contribution in [2.75, 3.05) is 0 Å². The van der Waals surface area contributed by atoms with Crippen molar-refractivity contribution >= 4 is 29.8 Å². The smallest absolute Gasteiger partial charge is 0.545 e. The second-order valence-corrected chi connectivity index (χ2v) is 7.00. The van der Waals surface area contributed by atoms with Crippen molar-refractivity contribution in [2.24, 2.45) is 0 Å². The fraction of sp³-hybridized carbons (Fsp3) is 0. The first-order valence-corrected chi connectivity index (χ1v) is 8.32. The van der Waals surface area contributed by atoms with E-state index in [1.54, 1.807) is 12.1 Å². The van der Waals surface area contributed by atoms with E-state index in [0.29, 0.717) is 0 Å². The average Bonchev–Trinajstić information content (AvgIpc) is 2.57. The van der Waals surface area contributed by atoms with E-state index in [2.05, 4.69) is 0 Å². The molecule has 0 N–H and O–H groups in total. The molecule has 0 bridgehead atoms. The van der Waals surface area contributed by atoms with Crippen LogP contribution in [0.25, 0.3) is 0 Å². The van der Waals surface area contributed by atoms with E-state index in [9.17, 15) is 9.90 Å².